The molecule has 1 saturated carbocycles. The molecule has 0 spiro atoms. The first kappa shape index (κ1) is 14.1. The van der Waals surface area contributed by atoms with Gasteiger partial charge in [-0.2, -0.15) is 5.48 Å². The van der Waals surface area contributed by atoms with Crippen molar-refractivity contribution in [1.82, 2.24) is 5.48 Å². The fourth-order valence-corrected chi connectivity index (χ4v) is 2.90. The SMILES string of the molecule is CC(NOC1CCCC1)c1c(Cl)ccc(F)c1Cl. The molecule has 0 aliphatic heterocycles. The van der Waals surface area contributed by atoms with Gasteiger partial charge < -0.3 is 0 Å². The van der Waals surface area contributed by atoms with E-state index in [0.717, 1.165) is 12.8 Å². The molecule has 1 aromatic carbocycles. The van der Waals surface area contributed by atoms with Crippen molar-refractivity contribution < 1.29 is 9.23 Å². The van der Waals surface area contributed by atoms with Crippen molar-refractivity contribution in [3.63, 3.8) is 0 Å². The summed E-state index contributed by atoms with van der Waals surface area (Å²) in [7, 11) is 0. The molecule has 18 heavy (non-hydrogen) atoms. The summed E-state index contributed by atoms with van der Waals surface area (Å²) < 4.78 is 13.4. The topological polar surface area (TPSA) is 21.3 Å². The molecule has 1 N–H and O–H groups in total. The molecule has 1 aliphatic rings. The van der Waals surface area contributed by atoms with Crippen LogP contribution in [0.5, 0.6) is 0 Å². The predicted octanol–water partition coefficient (Wildman–Crippen LogP) is 4.66. The molecule has 0 saturated heterocycles. The number of benzene rings is 1. The van der Waals surface area contributed by atoms with Crippen LogP contribution in [0.15, 0.2) is 12.1 Å². The van der Waals surface area contributed by atoms with Crippen LogP contribution in [0, 0.1) is 5.82 Å². The molecule has 0 amide bonds. The third kappa shape index (κ3) is 3.15. The van der Waals surface area contributed by atoms with Gasteiger partial charge in [0, 0.05) is 10.6 Å². The Balaban J connectivity index is 2.03. The second-order valence-corrected chi connectivity index (χ2v) is 5.41. The highest BCUT2D eigenvalue weighted by atomic mass is 35.5. The predicted molar refractivity (Wildman–Crippen MR) is 71.3 cm³/mol. The van der Waals surface area contributed by atoms with Crippen molar-refractivity contribution in [3.8, 4) is 0 Å². The first-order valence-corrected chi connectivity index (χ1v) is 6.89. The molecule has 1 atom stereocenters. The lowest BCUT2D eigenvalue weighted by Crippen LogP contribution is -2.25. The van der Waals surface area contributed by atoms with Crippen LogP contribution >= 0.6 is 23.2 Å². The highest BCUT2D eigenvalue weighted by Gasteiger charge is 2.20. The fourth-order valence-electron chi connectivity index (χ4n) is 2.20. The number of rotatable bonds is 4. The van der Waals surface area contributed by atoms with E-state index in [-0.39, 0.29) is 17.2 Å². The highest BCUT2D eigenvalue weighted by molar-refractivity contribution is 6.36. The first-order chi connectivity index (χ1) is 8.59. The van der Waals surface area contributed by atoms with Gasteiger partial charge in [0.2, 0.25) is 0 Å². The minimum atomic E-state index is -0.467. The van der Waals surface area contributed by atoms with E-state index in [4.69, 9.17) is 28.0 Å². The Hall–Kier alpha value is -0.350. The molecule has 5 heteroatoms. The quantitative estimate of drug-likeness (QED) is 0.644. The molecule has 0 aromatic heterocycles. The van der Waals surface area contributed by atoms with Crippen molar-refractivity contribution in [3.05, 3.63) is 33.6 Å². The van der Waals surface area contributed by atoms with Gasteiger partial charge in [-0.3, -0.25) is 4.84 Å². The molecule has 0 bridgehead atoms. The van der Waals surface area contributed by atoms with E-state index >= 15 is 0 Å². The first-order valence-electron chi connectivity index (χ1n) is 6.14. The van der Waals surface area contributed by atoms with E-state index in [2.05, 4.69) is 5.48 Å². The van der Waals surface area contributed by atoms with Gasteiger partial charge in [-0.05, 0) is 31.9 Å². The van der Waals surface area contributed by atoms with Crippen molar-refractivity contribution >= 4 is 23.2 Å². The normalized spacial score (nSPS) is 18.2. The van der Waals surface area contributed by atoms with Gasteiger partial charge in [0.05, 0.1) is 17.2 Å². The minimum Gasteiger partial charge on any atom is -0.298 e. The summed E-state index contributed by atoms with van der Waals surface area (Å²) >= 11 is 12.0. The molecule has 100 valence electrons. The monoisotopic (exact) mass is 291 g/mol. The molecule has 0 radical (unpaired) electrons. The number of hydrogen-bond donors (Lipinski definition) is 1. The zero-order valence-corrected chi connectivity index (χ0v) is 11.7. The summed E-state index contributed by atoms with van der Waals surface area (Å²) in [5.41, 5.74) is 3.45. The fraction of sp³-hybridized carbons (Fsp3) is 0.538. The maximum Gasteiger partial charge on any atom is 0.142 e. The maximum atomic E-state index is 13.4. The number of hydroxylamine groups is 1. The van der Waals surface area contributed by atoms with Crippen molar-refractivity contribution in [2.45, 2.75) is 44.8 Å². The Labute approximate surface area is 116 Å². The minimum absolute atomic E-state index is 0.0533. The molecule has 0 heterocycles. The van der Waals surface area contributed by atoms with Crippen LogP contribution in [0.3, 0.4) is 0 Å². The van der Waals surface area contributed by atoms with Gasteiger partial charge in [0.15, 0.2) is 0 Å². The van der Waals surface area contributed by atoms with Gasteiger partial charge in [-0.25, -0.2) is 4.39 Å². The Bertz CT molecular complexity index is 422. The molecule has 1 unspecified atom stereocenters. The molecular weight excluding hydrogens is 276 g/mol. The lowest BCUT2D eigenvalue weighted by molar-refractivity contribution is -0.0376. The standard InChI is InChI=1S/C13H16Cl2FNO/c1-8(17-18-9-4-2-3-5-9)12-10(14)6-7-11(16)13(12)15/h6-9,17H,2-5H2,1H3. The second kappa shape index (κ2) is 6.20. The average molecular weight is 292 g/mol. The van der Waals surface area contributed by atoms with E-state index in [1.807, 2.05) is 6.92 Å². The molecule has 1 fully saturated rings. The molecule has 1 aromatic rings. The third-order valence-electron chi connectivity index (χ3n) is 3.23. The van der Waals surface area contributed by atoms with Gasteiger partial charge >= 0.3 is 0 Å². The molecule has 2 rings (SSSR count). The average Bonchev–Trinajstić information content (AvgIpc) is 2.85. The van der Waals surface area contributed by atoms with Crippen LogP contribution in [-0.2, 0) is 4.84 Å². The second-order valence-electron chi connectivity index (χ2n) is 4.62. The van der Waals surface area contributed by atoms with Crippen LogP contribution in [-0.4, -0.2) is 6.10 Å². The summed E-state index contributed by atoms with van der Waals surface area (Å²) in [5, 5.41) is 0.494. The van der Waals surface area contributed by atoms with E-state index in [1.165, 1.54) is 25.0 Å². The van der Waals surface area contributed by atoms with Crippen LogP contribution in [0.4, 0.5) is 4.39 Å². The largest absolute Gasteiger partial charge is 0.298 e. The zero-order valence-electron chi connectivity index (χ0n) is 10.2. The molecule has 2 nitrogen and oxygen atoms in total. The number of nitrogens with one attached hydrogen (secondary N) is 1. The Kier molecular flexibility index (Phi) is 4.84. The zero-order chi connectivity index (χ0) is 13.1. The summed E-state index contributed by atoms with van der Waals surface area (Å²) in [6, 6.07) is 2.52. The Morgan fingerprint density at radius 2 is 2.00 bits per heavy atom. The van der Waals surface area contributed by atoms with E-state index in [1.54, 1.807) is 0 Å². The van der Waals surface area contributed by atoms with Gasteiger partial charge in [-0.1, -0.05) is 36.0 Å². The smallest absolute Gasteiger partial charge is 0.142 e. The maximum absolute atomic E-state index is 13.4. The van der Waals surface area contributed by atoms with Crippen LogP contribution in [0.25, 0.3) is 0 Å². The van der Waals surface area contributed by atoms with Gasteiger partial charge in [0.25, 0.3) is 0 Å². The molecule has 1 aliphatic carbocycles. The molecular formula is C13H16Cl2FNO. The van der Waals surface area contributed by atoms with Crippen LogP contribution in [0.1, 0.15) is 44.2 Å². The summed E-state index contributed by atoms with van der Waals surface area (Å²) in [6.45, 7) is 1.85. The van der Waals surface area contributed by atoms with Crippen molar-refractivity contribution in [2.75, 3.05) is 0 Å². The van der Waals surface area contributed by atoms with Gasteiger partial charge in [-0.15, -0.1) is 0 Å². The Morgan fingerprint density at radius 1 is 1.33 bits per heavy atom. The lowest BCUT2D eigenvalue weighted by atomic mass is 10.1. The third-order valence-corrected chi connectivity index (χ3v) is 3.94. The van der Waals surface area contributed by atoms with Crippen molar-refractivity contribution in [1.29, 1.82) is 0 Å². The van der Waals surface area contributed by atoms with Gasteiger partial charge in [0.1, 0.15) is 5.82 Å². The lowest BCUT2D eigenvalue weighted by Gasteiger charge is -2.19. The van der Waals surface area contributed by atoms with E-state index in [0.29, 0.717) is 10.6 Å². The highest BCUT2D eigenvalue weighted by Crippen LogP contribution is 2.32. The van der Waals surface area contributed by atoms with E-state index < -0.39 is 5.82 Å². The van der Waals surface area contributed by atoms with Crippen LogP contribution in [0.2, 0.25) is 10.0 Å². The van der Waals surface area contributed by atoms with Crippen LogP contribution < -0.4 is 5.48 Å². The Morgan fingerprint density at radius 3 is 2.67 bits per heavy atom. The summed E-state index contributed by atoms with van der Waals surface area (Å²) in [4.78, 5) is 5.58. The summed E-state index contributed by atoms with van der Waals surface area (Å²) in [5.74, 6) is -0.467. The van der Waals surface area contributed by atoms with Crippen molar-refractivity contribution in [2.24, 2.45) is 0 Å². The number of halogens is 3. The van der Waals surface area contributed by atoms with E-state index in [9.17, 15) is 4.39 Å². The summed E-state index contributed by atoms with van der Waals surface area (Å²) in [6.07, 6.45) is 4.75. The number of hydrogen-bond acceptors (Lipinski definition) is 2.